The molecule has 2 aliphatic rings. The van der Waals surface area contributed by atoms with Gasteiger partial charge in [0.2, 0.25) is 15.9 Å². The third kappa shape index (κ3) is 5.53. The van der Waals surface area contributed by atoms with Gasteiger partial charge in [-0.3, -0.25) is 4.79 Å². The van der Waals surface area contributed by atoms with Crippen LogP contribution in [0.4, 0.5) is 5.69 Å². The molecule has 1 atom stereocenters. The van der Waals surface area contributed by atoms with E-state index in [1.807, 2.05) is 35.2 Å². The maximum atomic E-state index is 13.2. The highest BCUT2D eigenvalue weighted by Gasteiger charge is 2.31. The molecule has 0 saturated carbocycles. The molecule has 0 aromatic heterocycles. The second kappa shape index (κ2) is 10.9. The van der Waals surface area contributed by atoms with Gasteiger partial charge in [-0.2, -0.15) is 4.31 Å². The van der Waals surface area contributed by atoms with E-state index >= 15 is 0 Å². The number of aliphatic imine (C=N–C) groups is 1. The number of sulfonamides is 1. The lowest BCUT2D eigenvalue weighted by Crippen LogP contribution is -2.34. The van der Waals surface area contributed by atoms with Crippen molar-refractivity contribution >= 4 is 33.5 Å². The zero-order valence-corrected chi connectivity index (χ0v) is 21.7. The van der Waals surface area contributed by atoms with Crippen molar-refractivity contribution < 1.29 is 18.3 Å². The van der Waals surface area contributed by atoms with Gasteiger partial charge in [-0.15, -0.1) is 0 Å². The number of nitrogens with zero attached hydrogens (tertiary/aromatic N) is 3. The summed E-state index contributed by atoms with van der Waals surface area (Å²) in [6.07, 6.45) is 3.73. The molecule has 0 bridgehead atoms. The largest absolute Gasteiger partial charge is 0.392 e. The number of fused-ring (bicyclic) bond motifs is 1. The van der Waals surface area contributed by atoms with E-state index in [0.29, 0.717) is 43.2 Å². The third-order valence-electron chi connectivity index (χ3n) is 6.48. The maximum Gasteiger partial charge on any atom is 0.250 e. The van der Waals surface area contributed by atoms with Crippen LogP contribution in [0.2, 0.25) is 0 Å². The summed E-state index contributed by atoms with van der Waals surface area (Å²) in [5.41, 5.74) is 9.79. The predicted octanol–water partition coefficient (Wildman–Crippen LogP) is 3.53. The number of nitrogens with two attached hydrogens (primary N) is 1. The Kier molecular flexibility index (Phi) is 7.92. The van der Waals surface area contributed by atoms with Crippen molar-refractivity contribution in [3.8, 4) is 11.1 Å². The second-order valence-electron chi connectivity index (χ2n) is 9.35. The minimum Gasteiger partial charge on any atom is -0.392 e. The van der Waals surface area contributed by atoms with E-state index in [1.54, 1.807) is 18.2 Å². The Morgan fingerprint density at radius 2 is 1.86 bits per heavy atom. The average Bonchev–Trinajstić information content (AvgIpc) is 3.23. The zero-order valence-electron chi connectivity index (χ0n) is 20.9. The van der Waals surface area contributed by atoms with Crippen LogP contribution in [0.15, 0.2) is 57.9 Å². The minimum absolute atomic E-state index is 0.0151. The van der Waals surface area contributed by atoms with Crippen molar-refractivity contribution in [1.29, 1.82) is 0 Å². The van der Waals surface area contributed by atoms with Gasteiger partial charge in [0.25, 0.3) is 0 Å². The number of carbonyl (C=O) groups excluding carboxylic acids is 1. The number of aliphatic hydroxyl groups is 1. The molecule has 0 aliphatic carbocycles. The topological polar surface area (TPSA) is 116 Å². The normalized spacial score (nSPS) is 18.2. The van der Waals surface area contributed by atoms with Gasteiger partial charge in [-0.25, -0.2) is 13.4 Å². The quantitative estimate of drug-likeness (QED) is 0.564. The van der Waals surface area contributed by atoms with E-state index in [0.717, 1.165) is 29.5 Å². The number of benzene rings is 2. The minimum atomic E-state index is -3.69. The van der Waals surface area contributed by atoms with Crippen LogP contribution in [-0.4, -0.2) is 66.8 Å². The van der Waals surface area contributed by atoms with Crippen LogP contribution in [0.3, 0.4) is 0 Å². The fourth-order valence-electron chi connectivity index (χ4n) is 4.68. The number of hydrogen-bond donors (Lipinski definition) is 2. The molecule has 4 rings (SSSR count). The maximum absolute atomic E-state index is 13.2. The summed E-state index contributed by atoms with van der Waals surface area (Å²) in [6.45, 7) is 5.92. The van der Waals surface area contributed by atoms with E-state index < -0.39 is 16.1 Å². The number of amidine groups is 1. The van der Waals surface area contributed by atoms with Crippen molar-refractivity contribution in [2.45, 2.75) is 50.5 Å². The van der Waals surface area contributed by atoms with E-state index in [4.69, 9.17) is 5.73 Å². The molecule has 0 radical (unpaired) electrons. The van der Waals surface area contributed by atoms with E-state index in [9.17, 15) is 18.3 Å². The molecule has 2 aromatic carbocycles. The molecular weight excluding hydrogens is 476 g/mol. The van der Waals surface area contributed by atoms with Crippen molar-refractivity contribution in [2.75, 3.05) is 26.2 Å². The van der Waals surface area contributed by atoms with Crippen LogP contribution < -0.4 is 5.73 Å². The predicted molar refractivity (Wildman–Crippen MR) is 142 cm³/mol. The zero-order chi connectivity index (χ0) is 25.9. The summed E-state index contributed by atoms with van der Waals surface area (Å²) < 4.78 is 27.5. The molecule has 2 heterocycles. The molecule has 3 N–H and O–H groups in total. The van der Waals surface area contributed by atoms with Crippen LogP contribution in [0.25, 0.3) is 17.2 Å². The smallest absolute Gasteiger partial charge is 0.250 e. The lowest BCUT2D eigenvalue weighted by molar-refractivity contribution is -0.127. The summed E-state index contributed by atoms with van der Waals surface area (Å²) in [6, 6.07) is 12.4. The highest BCUT2D eigenvalue weighted by atomic mass is 32.2. The fourth-order valence-corrected chi connectivity index (χ4v) is 6.22. The van der Waals surface area contributed by atoms with Gasteiger partial charge in [-0.1, -0.05) is 38.1 Å². The standard InChI is InChI=1S/C27H34N4O4S/c1-3-11-30(12-4-2)27(33)22-14-21-9-8-20(16-25(21)29-26(28)17-22)19-6-5-7-24(15-19)36(34,35)31-13-10-23(32)18-31/h5-9,14-16,23,32H,3-4,10-13,17-18H2,1-2H3,(H2,28,29)/t23-/m1/s1. The van der Waals surface area contributed by atoms with Gasteiger partial charge >= 0.3 is 0 Å². The van der Waals surface area contributed by atoms with Gasteiger partial charge < -0.3 is 15.7 Å². The van der Waals surface area contributed by atoms with Crippen LogP contribution in [0.1, 0.15) is 45.1 Å². The van der Waals surface area contributed by atoms with Crippen LogP contribution in [-0.2, 0) is 14.8 Å². The lowest BCUT2D eigenvalue weighted by atomic mass is 10.0. The number of hydrogen-bond acceptors (Lipinski definition) is 6. The molecule has 1 fully saturated rings. The Balaban J connectivity index is 1.66. The van der Waals surface area contributed by atoms with Crippen LogP contribution >= 0.6 is 0 Å². The van der Waals surface area contributed by atoms with Gasteiger partial charge in [0.1, 0.15) is 5.84 Å². The Labute approximate surface area is 213 Å². The molecule has 1 amide bonds. The summed E-state index contributed by atoms with van der Waals surface area (Å²) in [7, 11) is -3.69. The summed E-state index contributed by atoms with van der Waals surface area (Å²) >= 11 is 0. The van der Waals surface area contributed by atoms with Crippen molar-refractivity contribution in [1.82, 2.24) is 9.21 Å². The molecule has 8 nitrogen and oxygen atoms in total. The monoisotopic (exact) mass is 510 g/mol. The van der Waals surface area contributed by atoms with Gasteiger partial charge in [0.15, 0.2) is 0 Å². The number of β-amino-alcohol motifs (C(OH)–C–C–N with tert-alkyl or cyclic N) is 1. The van der Waals surface area contributed by atoms with Crippen LogP contribution in [0, 0.1) is 0 Å². The number of amides is 1. The molecule has 2 aromatic rings. The summed E-state index contributed by atoms with van der Waals surface area (Å²) in [5, 5.41) is 9.78. The molecule has 192 valence electrons. The molecule has 9 heteroatoms. The molecule has 1 saturated heterocycles. The van der Waals surface area contributed by atoms with Gasteiger partial charge in [0.05, 0.1) is 16.7 Å². The average molecular weight is 511 g/mol. The van der Waals surface area contributed by atoms with Crippen molar-refractivity contribution in [3.05, 3.63) is 53.6 Å². The first-order chi connectivity index (χ1) is 17.2. The molecular formula is C27H34N4O4S. The SMILES string of the molecule is CCCN(CCC)C(=O)C1=Cc2ccc(-c3cccc(S(=O)(=O)N4CC[C@@H](O)C4)c3)cc2N=C(N)C1. The van der Waals surface area contributed by atoms with E-state index in [2.05, 4.69) is 18.8 Å². The van der Waals surface area contributed by atoms with Crippen molar-refractivity contribution in [3.63, 3.8) is 0 Å². The molecule has 0 unspecified atom stereocenters. The number of rotatable bonds is 8. The lowest BCUT2D eigenvalue weighted by Gasteiger charge is -2.22. The Morgan fingerprint density at radius 3 is 2.53 bits per heavy atom. The molecule has 2 aliphatic heterocycles. The second-order valence-corrected chi connectivity index (χ2v) is 11.3. The van der Waals surface area contributed by atoms with Gasteiger partial charge in [-0.05, 0) is 54.7 Å². The summed E-state index contributed by atoms with van der Waals surface area (Å²) in [5.74, 6) is 0.348. The Hall–Kier alpha value is -3.01. The first-order valence-corrected chi connectivity index (χ1v) is 13.9. The number of carbonyl (C=O) groups is 1. The Morgan fingerprint density at radius 1 is 1.14 bits per heavy atom. The van der Waals surface area contributed by atoms with E-state index in [1.165, 1.54) is 4.31 Å². The first kappa shape index (κ1) is 26.1. The van der Waals surface area contributed by atoms with Crippen molar-refractivity contribution in [2.24, 2.45) is 10.7 Å². The molecule has 0 spiro atoms. The highest BCUT2D eigenvalue weighted by Crippen LogP contribution is 2.33. The Bertz CT molecular complexity index is 1300. The third-order valence-corrected chi connectivity index (χ3v) is 8.34. The van der Waals surface area contributed by atoms with Gasteiger partial charge in [0, 0.05) is 43.7 Å². The first-order valence-electron chi connectivity index (χ1n) is 12.5. The fraction of sp³-hybridized carbons (Fsp3) is 0.407. The van der Waals surface area contributed by atoms with Crippen LogP contribution in [0.5, 0.6) is 0 Å². The summed E-state index contributed by atoms with van der Waals surface area (Å²) in [4.78, 5) is 19.8. The highest BCUT2D eigenvalue weighted by molar-refractivity contribution is 7.89. The number of aliphatic hydroxyl groups excluding tert-OH is 1. The van der Waals surface area contributed by atoms with E-state index in [-0.39, 0.29) is 23.8 Å². The molecule has 36 heavy (non-hydrogen) atoms.